The number of esters is 1. The fraction of sp³-hybridized carbons (Fsp3) is 0.583. The number of nitriles is 1. The van der Waals surface area contributed by atoms with Gasteiger partial charge in [-0.15, -0.1) is 0 Å². The van der Waals surface area contributed by atoms with Crippen LogP contribution in [0, 0.1) is 11.3 Å². The minimum atomic E-state index is -0.603. The average Bonchev–Trinajstić information content (AvgIpc) is 2.76. The monoisotopic (exact) mass is 285 g/mol. The van der Waals surface area contributed by atoms with Crippen molar-refractivity contribution in [2.45, 2.75) is 6.73 Å². The Balaban J connectivity index is 2.65. The molecule has 6 nitrogen and oxygen atoms in total. The van der Waals surface area contributed by atoms with Crippen molar-refractivity contribution in [2.24, 2.45) is 0 Å². The highest BCUT2D eigenvalue weighted by Gasteiger charge is 2.16. The summed E-state index contributed by atoms with van der Waals surface area (Å²) in [5.41, 5.74) is 0.172. The predicted molar refractivity (Wildman–Crippen MR) is 74.5 cm³/mol. The van der Waals surface area contributed by atoms with Gasteiger partial charge in [0.1, 0.15) is 12.8 Å². The summed E-state index contributed by atoms with van der Waals surface area (Å²) in [6.07, 6.45) is 8.11. The summed E-state index contributed by atoms with van der Waals surface area (Å²) in [5, 5.41) is 8.79. The van der Waals surface area contributed by atoms with E-state index in [-0.39, 0.29) is 18.2 Å². The molecule has 0 aromatic carbocycles. The fourth-order valence-electron chi connectivity index (χ4n) is 1.29. The second kappa shape index (κ2) is 6.59. The number of imidazole rings is 1. The van der Waals surface area contributed by atoms with Gasteiger partial charge >= 0.3 is 5.97 Å². The van der Waals surface area contributed by atoms with Gasteiger partial charge in [-0.2, -0.15) is 5.26 Å². The first-order chi connectivity index (χ1) is 8.87. The maximum Gasteiger partial charge on any atom is 0.374 e. The van der Waals surface area contributed by atoms with Crippen LogP contribution in [0.15, 0.2) is 6.20 Å². The summed E-state index contributed by atoms with van der Waals surface area (Å²) in [6.45, 7) is 0.800. The van der Waals surface area contributed by atoms with Crippen LogP contribution in [0.4, 0.5) is 0 Å². The van der Waals surface area contributed by atoms with Gasteiger partial charge in [0, 0.05) is 11.9 Å². The maximum atomic E-state index is 11.5. The Hall–Kier alpha value is -1.52. The number of carbonyl (C=O) groups excluding carboxylic acids is 1. The number of hydrogen-bond acceptors (Lipinski definition) is 5. The van der Waals surface area contributed by atoms with Crippen LogP contribution in [0.1, 0.15) is 16.3 Å². The molecule has 1 aromatic heterocycles. The molecule has 0 atom stereocenters. The molecular formula is C12H19N3O3S. The molecule has 1 aromatic rings. The van der Waals surface area contributed by atoms with Crippen molar-refractivity contribution < 1.29 is 14.3 Å². The van der Waals surface area contributed by atoms with Crippen LogP contribution in [0.3, 0.4) is 0 Å². The molecule has 0 bridgehead atoms. The normalized spacial score (nSPS) is 11.9. The maximum absolute atomic E-state index is 11.5. The molecule has 0 saturated heterocycles. The Morgan fingerprint density at radius 1 is 1.53 bits per heavy atom. The fourth-order valence-corrected chi connectivity index (χ4v) is 1.91. The second-order valence-corrected chi connectivity index (χ2v) is 9.44. The minimum absolute atomic E-state index is 0.0853. The zero-order chi connectivity index (χ0) is 14.5. The zero-order valence-electron chi connectivity index (χ0n) is 11.7. The SMILES string of the molecule is COC(=O)c1nc(C#N)cn1COCCS(C)(C)C. The summed E-state index contributed by atoms with van der Waals surface area (Å²) in [5.74, 6) is 0.495. The van der Waals surface area contributed by atoms with Crippen molar-refractivity contribution in [3.63, 3.8) is 0 Å². The number of hydrogen-bond donors (Lipinski definition) is 0. The quantitative estimate of drug-likeness (QED) is 0.580. The Labute approximate surface area is 114 Å². The van der Waals surface area contributed by atoms with Crippen molar-refractivity contribution in [1.29, 1.82) is 5.26 Å². The first-order valence-corrected chi connectivity index (χ1v) is 8.69. The molecular weight excluding hydrogens is 266 g/mol. The smallest absolute Gasteiger partial charge is 0.374 e. The van der Waals surface area contributed by atoms with Crippen molar-refractivity contribution in [1.82, 2.24) is 9.55 Å². The van der Waals surface area contributed by atoms with E-state index in [9.17, 15) is 4.79 Å². The van der Waals surface area contributed by atoms with E-state index in [0.717, 1.165) is 5.75 Å². The first-order valence-electron chi connectivity index (χ1n) is 5.66. The lowest BCUT2D eigenvalue weighted by molar-refractivity contribution is 0.0534. The average molecular weight is 285 g/mol. The molecule has 19 heavy (non-hydrogen) atoms. The Kier molecular flexibility index (Phi) is 5.39. The van der Waals surface area contributed by atoms with Crippen LogP contribution in [0.5, 0.6) is 0 Å². The van der Waals surface area contributed by atoms with Crippen LogP contribution in [-0.2, 0) is 16.2 Å². The summed E-state index contributed by atoms with van der Waals surface area (Å²) >= 11 is 0. The summed E-state index contributed by atoms with van der Waals surface area (Å²) < 4.78 is 11.6. The molecule has 7 heteroatoms. The highest BCUT2D eigenvalue weighted by molar-refractivity contribution is 8.32. The molecule has 0 aliphatic heterocycles. The number of methoxy groups -OCH3 is 1. The molecule has 0 unspecified atom stereocenters. The third-order valence-electron chi connectivity index (χ3n) is 2.33. The summed E-state index contributed by atoms with van der Waals surface area (Å²) in [7, 11) is 0.672. The lowest BCUT2D eigenvalue weighted by Gasteiger charge is -2.24. The number of carbonyl (C=O) groups is 1. The van der Waals surface area contributed by atoms with Crippen LogP contribution in [0.2, 0.25) is 0 Å². The highest BCUT2D eigenvalue weighted by atomic mass is 32.3. The van der Waals surface area contributed by atoms with Gasteiger partial charge in [-0.05, 0) is 18.8 Å². The summed E-state index contributed by atoms with van der Waals surface area (Å²) in [6, 6.07) is 1.89. The molecule has 0 amide bonds. The molecule has 0 spiro atoms. The molecule has 0 aliphatic carbocycles. The predicted octanol–water partition coefficient (Wildman–Crippen LogP) is 1.21. The molecule has 1 heterocycles. The lowest BCUT2D eigenvalue weighted by atomic mass is 10.5. The minimum Gasteiger partial charge on any atom is -0.463 e. The third kappa shape index (κ3) is 4.93. The Morgan fingerprint density at radius 2 is 2.21 bits per heavy atom. The Bertz CT molecular complexity index is 485. The number of nitrogens with zero attached hydrogens (tertiary/aromatic N) is 3. The van der Waals surface area contributed by atoms with E-state index in [2.05, 4.69) is 28.5 Å². The lowest BCUT2D eigenvalue weighted by Crippen LogP contribution is -2.15. The number of ether oxygens (including phenoxy) is 2. The van der Waals surface area contributed by atoms with Crippen LogP contribution >= 0.6 is 10.0 Å². The molecule has 0 aliphatic rings. The van der Waals surface area contributed by atoms with Crippen LogP contribution in [0.25, 0.3) is 0 Å². The topological polar surface area (TPSA) is 77.1 Å². The second-order valence-electron chi connectivity index (χ2n) is 4.86. The van der Waals surface area contributed by atoms with Gasteiger partial charge in [-0.3, -0.25) is 0 Å². The highest BCUT2D eigenvalue weighted by Crippen LogP contribution is 2.33. The van der Waals surface area contributed by atoms with Gasteiger partial charge in [0.25, 0.3) is 0 Å². The molecule has 0 fully saturated rings. The van der Waals surface area contributed by atoms with Crippen molar-refractivity contribution in [3.8, 4) is 6.07 Å². The van der Waals surface area contributed by atoms with Crippen LogP contribution < -0.4 is 0 Å². The Morgan fingerprint density at radius 3 is 2.74 bits per heavy atom. The third-order valence-corrected chi connectivity index (χ3v) is 3.72. The molecule has 0 radical (unpaired) electrons. The van der Waals surface area contributed by atoms with Gasteiger partial charge in [-0.1, -0.05) is 0 Å². The molecule has 1 rings (SSSR count). The summed E-state index contributed by atoms with van der Waals surface area (Å²) in [4.78, 5) is 15.4. The van der Waals surface area contributed by atoms with Gasteiger partial charge < -0.3 is 14.0 Å². The molecule has 106 valence electrons. The van der Waals surface area contributed by atoms with Crippen molar-refractivity contribution in [2.75, 3.05) is 38.2 Å². The van der Waals surface area contributed by atoms with Crippen molar-refractivity contribution >= 4 is 16.0 Å². The zero-order valence-corrected chi connectivity index (χ0v) is 12.5. The van der Waals surface area contributed by atoms with Crippen LogP contribution in [-0.4, -0.2) is 53.8 Å². The van der Waals surface area contributed by atoms with E-state index >= 15 is 0 Å². The van der Waals surface area contributed by atoms with Gasteiger partial charge in [0.05, 0.1) is 13.7 Å². The molecule has 0 N–H and O–H groups in total. The molecule has 0 saturated carbocycles. The largest absolute Gasteiger partial charge is 0.463 e. The standard InChI is InChI=1S/C12H19N3O3S/c1-17-12(16)11-14-10(7-13)8-15(11)9-18-5-6-19(2,3)4/h8H,5-6,9H2,1-4H3. The van der Waals surface area contributed by atoms with E-state index in [1.807, 2.05) is 6.07 Å². The van der Waals surface area contributed by atoms with E-state index in [0.29, 0.717) is 6.61 Å². The van der Waals surface area contributed by atoms with Gasteiger partial charge in [-0.25, -0.2) is 19.8 Å². The van der Waals surface area contributed by atoms with E-state index in [1.165, 1.54) is 17.9 Å². The van der Waals surface area contributed by atoms with E-state index in [1.54, 1.807) is 0 Å². The van der Waals surface area contributed by atoms with Gasteiger partial charge in [0.15, 0.2) is 5.69 Å². The van der Waals surface area contributed by atoms with Gasteiger partial charge in [0.2, 0.25) is 5.82 Å². The van der Waals surface area contributed by atoms with Crippen molar-refractivity contribution in [3.05, 3.63) is 17.7 Å². The van der Waals surface area contributed by atoms with E-state index in [4.69, 9.17) is 10.00 Å². The van der Waals surface area contributed by atoms with E-state index < -0.39 is 16.0 Å². The number of rotatable bonds is 6. The number of aromatic nitrogens is 2. The first kappa shape index (κ1) is 15.5.